The van der Waals surface area contributed by atoms with Gasteiger partial charge >= 0.3 is 5.97 Å². The van der Waals surface area contributed by atoms with E-state index in [4.69, 9.17) is 14.4 Å². The Balaban J connectivity index is 2.37. The topological polar surface area (TPSA) is 118 Å². The minimum Gasteiger partial charge on any atom is -0.480 e. The van der Waals surface area contributed by atoms with Gasteiger partial charge < -0.3 is 24.5 Å². The molecule has 0 fully saturated rings. The maximum atomic E-state index is 13.5. The SMILES string of the molecule is Cc1c(C)c(C)c(-c2oc3cc(NCC(=O)O)cc(C)c3c(=O)c2ONCC=O)c(C)c1C. The average molecular weight is 453 g/mol. The predicted octanol–water partition coefficient (Wildman–Crippen LogP) is 3.89. The molecule has 0 bridgehead atoms. The number of anilines is 1. The maximum Gasteiger partial charge on any atom is 0.322 e. The molecule has 174 valence electrons. The molecule has 0 amide bonds. The molecule has 0 saturated carbocycles. The molecule has 2 aromatic carbocycles. The maximum absolute atomic E-state index is 13.5. The Hall–Kier alpha value is -3.65. The minimum absolute atomic E-state index is 0.0347. The minimum atomic E-state index is -1.00. The van der Waals surface area contributed by atoms with E-state index in [1.807, 2.05) is 27.7 Å². The number of carboxylic acids is 1. The van der Waals surface area contributed by atoms with Crippen molar-refractivity contribution < 1.29 is 24.0 Å². The van der Waals surface area contributed by atoms with Crippen LogP contribution in [-0.2, 0) is 9.59 Å². The molecule has 8 nitrogen and oxygen atoms in total. The molecule has 3 rings (SSSR count). The van der Waals surface area contributed by atoms with Gasteiger partial charge in [0, 0.05) is 17.3 Å². The summed E-state index contributed by atoms with van der Waals surface area (Å²) in [6.45, 7) is 11.4. The Labute approximate surface area is 191 Å². The van der Waals surface area contributed by atoms with Gasteiger partial charge in [-0.1, -0.05) is 0 Å². The summed E-state index contributed by atoms with van der Waals surface area (Å²) in [5.74, 6) is -0.786. The second-order valence-electron chi connectivity index (χ2n) is 8.12. The Morgan fingerprint density at radius 1 is 1.03 bits per heavy atom. The monoisotopic (exact) mass is 452 g/mol. The number of hydrogen-bond acceptors (Lipinski definition) is 7. The Bertz CT molecular complexity index is 1290. The van der Waals surface area contributed by atoms with Gasteiger partial charge in [-0.15, -0.1) is 5.48 Å². The van der Waals surface area contributed by atoms with Crippen LogP contribution in [0.2, 0.25) is 0 Å². The van der Waals surface area contributed by atoms with E-state index < -0.39 is 5.97 Å². The fourth-order valence-corrected chi connectivity index (χ4v) is 4.02. The van der Waals surface area contributed by atoms with Gasteiger partial charge in [-0.3, -0.25) is 9.59 Å². The predicted molar refractivity (Wildman–Crippen MR) is 127 cm³/mol. The molecule has 0 saturated heterocycles. The van der Waals surface area contributed by atoms with Gasteiger partial charge in [0.1, 0.15) is 18.4 Å². The number of aryl methyl sites for hydroxylation is 1. The number of aldehydes is 1. The number of fused-ring (bicyclic) bond motifs is 1. The fraction of sp³-hybridized carbons (Fsp3) is 0.320. The number of nitrogens with one attached hydrogen (secondary N) is 2. The third-order valence-electron chi connectivity index (χ3n) is 6.16. The summed E-state index contributed by atoms with van der Waals surface area (Å²) in [6.07, 6.45) is 0.630. The van der Waals surface area contributed by atoms with Crippen molar-refractivity contribution in [3.05, 3.63) is 55.7 Å². The zero-order valence-corrected chi connectivity index (χ0v) is 19.6. The standard InChI is InChI=1S/C25H28N2O6/c1-12-9-18(26-11-20(29)30)10-19-21(12)23(31)25(33-27-7-8-28)24(32-19)22-16(5)14(3)13(2)15(4)17(22)6/h8-10,26-27H,7,11H2,1-6H3,(H,29,30). The molecule has 1 heterocycles. The summed E-state index contributed by atoms with van der Waals surface area (Å²) in [5, 5.41) is 12.1. The third kappa shape index (κ3) is 4.47. The molecule has 1 aromatic heterocycles. The number of carboxylic acid groups (broad SMARTS) is 1. The molecule has 0 spiro atoms. The first-order valence-corrected chi connectivity index (χ1v) is 10.6. The van der Waals surface area contributed by atoms with E-state index in [9.17, 15) is 14.4 Å². The van der Waals surface area contributed by atoms with Crippen molar-refractivity contribution in [2.75, 3.05) is 18.4 Å². The quantitative estimate of drug-likeness (QED) is 0.268. The van der Waals surface area contributed by atoms with Gasteiger partial charge in [0.25, 0.3) is 0 Å². The second-order valence-corrected chi connectivity index (χ2v) is 8.12. The Kier molecular flexibility index (Phi) is 6.88. The van der Waals surface area contributed by atoms with Gasteiger partial charge in [-0.2, -0.15) is 0 Å². The van der Waals surface area contributed by atoms with Crippen molar-refractivity contribution in [2.24, 2.45) is 0 Å². The summed E-state index contributed by atoms with van der Waals surface area (Å²) in [4.78, 5) is 40.9. The fourth-order valence-electron chi connectivity index (χ4n) is 4.02. The van der Waals surface area contributed by atoms with Crippen molar-refractivity contribution in [1.29, 1.82) is 0 Å². The summed E-state index contributed by atoms with van der Waals surface area (Å²) >= 11 is 0. The average Bonchev–Trinajstić information content (AvgIpc) is 2.76. The molecular formula is C25H28N2O6. The molecule has 3 N–H and O–H groups in total. The summed E-state index contributed by atoms with van der Waals surface area (Å²) in [6, 6.07) is 3.29. The molecular weight excluding hydrogens is 424 g/mol. The van der Waals surface area contributed by atoms with Crippen LogP contribution in [0.25, 0.3) is 22.3 Å². The van der Waals surface area contributed by atoms with E-state index in [0.717, 1.165) is 33.4 Å². The van der Waals surface area contributed by atoms with Crippen LogP contribution in [0.1, 0.15) is 33.4 Å². The lowest BCUT2D eigenvalue weighted by Gasteiger charge is -2.20. The zero-order chi connectivity index (χ0) is 24.4. The molecule has 0 atom stereocenters. The first kappa shape index (κ1) is 24.0. The highest BCUT2D eigenvalue weighted by Gasteiger charge is 2.25. The number of hydroxylamine groups is 1. The normalized spacial score (nSPS) is 11.0. The van der Waals surface area contributed by atoms with Gasteiger partial charge in [-0.05, 0) is 81.0 Å². The van der Waals surface area contributed by atoms with Crippen LogP contribution in [0.3, 0.4) is 0 Å². The molecule has 0 unspecified atom stereocenters. The first-order chi connectivity index (χ1) is 15.6. The van der Waals surface area contributed by atoms with Crippen LogP contribution < -0.4 is 21.1 Å². The van der Waals surface area contributed by atoms with Gasteiger partial charge in [0.05, 0.1) is 11.9 Å². The van der Waals surface area contributed by atoms with Crippen molar-refractivity contribution in [1.82, 2.24) is 5.48 Å². The van der Waals surface area contributed by atoms with E-state index in [0.29, 0.717) is 28.5 Å². The zero-order valence-electron chi connectivity index (χ0n) is 19.6. The molecule has 0 aliphatic carbocycles. The third-order valence-corrected chi connectivity index (χ3v) is 6.16. The van der Waals surface area contributed by atoms with Gasteiger partial charge in [-0.25, -0.2) is 0 Å². The van der Waals surface area contributed by atoms with Gasteiger partial charge in [0.2, 0.25) is 11.2 Å². The van der Waals surface area contributed by atoms with Crippen LogP contribution in [-0.4, -0.2) is 30.5 Å². The van der Waals surface area contributed by atoms with Crippen LogP contribution in [0.15, 0.2) is 21.3 Å². The van der Waals surface area contributed by atoms with Crippen LogP contribution >= 0.6 is 0 Å². The van der Waals surface area contributed by atoms with Crippen molar-refractivity contribution in [3.8, 4) is 17.1 Å². The summed E-state index contributed by atoms with van der Waals surface area (Å²) < 4.78 is 6.29. The molecule has 8 heteroatoms. The number of rotatable bonds is 8. The van der Waals surface area contributed by atoms with Crippen LogP contribution in [0.5, 0.6) is 5.75 Å². The first-order valence-electron chi connectivity index (χ1n) is 10.6. The molecule has 33 heavy (non-hydrogen) atoms. The number of carbonyl (C=O) groups excluding carboxylic acids is 1. The number of aliphatic carboxylic acids is 1. The van der Waals surface area contributed by atoms with E-state index in [-0.39, 0.29) is 30.0 Å². The smallest absolute Gasteiger partial charge is 0.322 e. The van der Waals surface area contributed by atoms with Crippen LogP contribution in [0, 0.1) is 41.5 Å². The Morgan fingerprint density at radius 2 is 1.64 bits per heavy atom. The van der Waals surface area contributed by atoms with E-state index in [1.54, 1.807) is 19.1 Å². The van der Waals surface area contributed by atoms with Crippen LogP contribution in [0.4, 0.5) is 5.69 Å². The molecule has 3 aromatic rings. The number of hydrogen-bond donors (Lipinski definition) is 3. The second kappa shape index (κ2) is 9.46. The molecule has 0 aliphatic rings. The molecule has 0 aliphatic heterocycles. The number of benzene rings is 2. The number of carbonyl (C=O) groups is 2. The summed E-state index contributed by atoms with van der Waals surface area (Å²) in [7, 11) is 0. The highest BCUT2D eigenvalue weighted by atomic mass is 16.7. The van der Waals surface area contributed by atoms with Crippen molar-refractivity contribution in [3.63, 3.8) is 0 Å². The lowest BCUT2D eigenvalue weighted by Crippen LogP contribution is -2.25. The largest absolute Gasteiger partial charge is 0.480 e. The summed E-state index contributed by atoms with van der Waals surface area (Å²) in [5.41, 5.74) is 9.52. The van der Waals surface area contributed by atoms with E-state index in [2.05, 4.69) is 17.7 Å². The van der Waals surface area contributed by atoms with Gasteiger partial charge in [0.15, 0.2) is 5.76 Å². The van der Waals surface area contributed by atoms with Crippen molar-refractivity contribution in [2.45, 2.75) is 41.5 Å². The highest BCUT2D eigenvalue weighted by Crippen LogP contribution is 2.39. The highest BCUT2D eigenvalue weighted by molar-refractivity contribution is 5.89. The van der Waals surface area contributed by atoms with E-state index in [1.165, 1.54) is 0 Å². The molecule has 0 radical (unpaired) electrons. The van der Waals surface area contributed by atoms with E-state index >= 15 is 0 Å². The lowest BCUT2D eigenvalue weighted by atomic mass is 9.88. The Morgan fingerprint density at radius 3 is 2.21 bits per heavy atom. The lowest BCUT2D eigenvalue weighted by molar-refractivity contribution is -0.134. The van der Waals surface area contributed by atoms with Crippen molar-refractivity contribution >= 4 is 28.9 Å².